The SMILES string of the molecule is O=[N+]([O-])c1cccc(Oc2nc(Cl)ccc2C#CSI)c1. The smallest absolute Gasteiger partial charge is 0.273 e. The summed E-state index contributed by atoms with van der Waals surface area (Å²) in [5, 5.41) is 13.8. The summed E-state index contributed by atoms with van der Waals surface area (Å²) < 4.78 is 5.56. The van der Waals surface area contributed by atoms with Crippen LogP contribution in [0.2, 0.25) is 5.15 Å². The van der Waals surface area contributed by atoms with E-state index in [9.17, 15) is 10.1 Å². The number of ether oxygens (including phenoxy) is 1. The highest BCUT2D eigenvalue weighted by atomic mass is 127. The Kier molecular flexibility index (Phi) is 5.67. The number of aromatic nitrogens is 1. The molecule has 1 heterocycles. The molecule has 0 spiro atoms. The molecule has 0 bridgehead atoms. The van der Waals surface area contributed by atoms with Crippen molar-refractivity contribution in [1.29, 1.82) is 0 Å². The van der Waals surface area contributed by atoms with Gasteiger partial charge in [-0.3, -0.25) is 10.1 Å². The van der Waals surface area contributed by atoms with Gasteiger partial charge in [0, 0.05) is 27.3 Å². The Morgan fingerprint density at radius 3 is 2.90 bits per heavy atom. The largest absolute Gasteiger partial charge is 0.437 e. The number of hydrogen-bond acceptors (Lipinski definition) is 5. The van der Waals surface area contributed by atoms with Crippen molar-refractivity contribution >= 4 is 47.4 Å². The quantitative estimate of drug-likeness (QED) is 0.229. The third-order valence-corrected chi connectivity index (χ3v) is 3.34. The number of pyridine rings is 1. The zero-order valence-corrected chi connectivity index (χ0v) is 14.0. The van der Waals surface area contributed by atoms with Crippen LogP contribution in [0.25, 0.3) is 0 Å². The molecular weight excluding hydrogens is 427 g/mol. The van der Waals surface area contributed by atoms with Crippen molar-refractivity contribution in [3.05, 3.63) is 57.2 Å². The lowest BCUT2D eigenvalue weighted by Crippen LogP contribution is -1.94. The van der Waals surface area contributed by atoms with Crippen molar-refractivity contribution in [2.45, 2.75) is 0 Å². The van der Waals surface area contributed by atoms with Crippen LogP contribution < -0.4 is 4.74 Å². The van der Waals surface area contributed by atoms with Crippen molar-refractivity contribution in [2.75, 3.05) is 0 Å². The van der Waals surface area contributed by atoms with E-state index >= 15 is 0 Å². The summed E-state index contributed by atoms with van der Waals surface area (Å²) in [6.07, 6.45) is 0. The van der Waals surface area contributed by atoms with Crippen molar-refractivity contribution in [3.63, 3.8) is 0 Å². The van der Waals surface area contributed by atoms with E-state index in [-0.39, 0.29) is 16.7 Å². The van der Waals surface area contributed by atoms with Gasteiger partial charge in [-0.2, -0.15) is 0 Å². The maximum atomic E-state index is 10.8. The summed E-state index contributed by atoms with van der Waals surface area (Å²) >= 11 is 7.89. The highest BCUT2D eigenvalue weighted by Gasteiger charge is 2.10. The molecule has 0 aliphatic heterocycles. The molecule has 0 aliphatic carbocycles. The van der Waals surface area contributed by atoms with E-state index < -0.39 is 4.92 Å². The highest BCUT2D eigenvalue weighted by Crippen LogP contribution is 2.27. The number of non-ortho nitro benzene ring substituents is 1. The predicted molar refractivity (Wildman–Crippen MR) is 90.9 cm³/mol. The third kappa shape index (κ3) is 4.49. The second kappa shape index (κ2) is 7.49. The average Bonchev–Trinajstić information content (AvgIpc) is 2.47. The molecule has 0 saturated carbocycles. The van der Waals surface area contributed by atoms with Crippen LogP contribution in [0, 0.1) is 21.3 Å². The van der Waals surface area contributed by atoms with Crippen molar-refractivity contribution < 1.29 is 9.66 Å². The summed E-state index contributed by atoms with van der Waals surface area (Å²) in [6.45, 7) is 0. The Hall–Kier alpha value is -1.50. The highest BCUT2D eigenvalue weighted by molar-refractivity contribution is 14.2. The third-order valence-electron chi connectivity index (χ3n) is 2.29. The Bertz CT molecular complexity index is 746. The molecule has 0 fully saturated rings. The molecule has 0 radical (unpaired) electrons. The summed E-state index contributed by atoms with van der Waals surface area (Å²) in [5.74, 6) is 3.38. The number of nitro benzene ring substituents is 1. The van der Waals surface area contributed by atoms with Crippen LogP contribution in [0.5, 0.6) is 11.6 Å². The lowest BCUT2D eigenvalue weighted by molar-refractivity contribution is -0.384. The van der Waals surface area contributed by atoms with Crippen LogP contribution in [0.3, 0.4) is 0 Å². The molecule has 0 saturated heterocycles. The summed E-state index contributed by atoms with van der Waals surface area (Å²) in [4.78, 5) is 14.3. The topological polar surface area (TPSA) is 65.3 Å². The number of rotatable bonds is 3. The van der Waals surface area contributed by atoms with Crippen molar-refractivity contribution in [1.82, 2.24) is 4.98 Å². The van der Waals surface area contributed by atoms with E-state index in [0.29, 0.717) is 11.3 Å². The van der Waals surface area contributed by atoms with Gasteiger partial charge >= 0.3 is 0 Å². The van der Waals surface area contributed by atoms with Gasteiger partial charge in [-0.15, -0.1) is 0 Å². The average molecular weight is 433 g/mol. The number of hydrogen-bond donors (Lipinski definition) is 0. The number of halogens is 2. The van der Waals surface area contributed by atoms with E-state index in [0.717, 1.165) is 0 Å². The molecule has 21 heavy (non-hydrogen) atoms. The fourth-order valence-electron chi connectivity index (χ4n) is 1.44. The first-order valence-corrected chi connectivity index (χ1v) is 9.21. The van der Waals surface area contributed by atoms with Gasteiger partial charge in [-0.05, 0) is 38.3 Å². The Balaban J connectivity index is 2.36. The van der Waals surface area contributed by atoms with Crippen molar-refractivity contribution in [2.24, 2.45) is 0 Å². The molecule has 0 atom stereocenters. The zero-order chi connectivity index (χ0) is 15.2. The second-order valence-electron chi connectivity index (χ2n) is 3.65. The standard InChI is InChI=1S/C13H6ClIN2O3S/c14-12-5-4-9(6-7-21-15)13(16-12)20-11-3-1-2-10(8-11)17(18)19/h1-5,8H. The van der Waals surface area contributed by atoms with Crippen LogP contribution >= 0.6 is 41.7 Å². The number of benzene rings is 1. The molecule has 8 heteroatoms. The number of nitro groups is 1. The second-order valence-corrected chi connectivity index (χ2v) is 5.71. The monoisotopic (exact) mass is 432 g/mol. The molecule has 5 nitrogen and oxygen atoms in total. The van der Waals surface area contributed by atoms with Crippen LogP contribution in [0.4, 0.5) is 5.69 Å². The van der Waals surface area contributed by atoms with Crippen LogP contribution in [0.15, 0.2) is 36.4 Å². The van der Waals surface area contributed by atoms with Gasteiger partial charge in [0.15, 0.2) is 0 Å². The summed E-state index contributed by atoms with van der Waals surface area (Å²) in [5.41, 5.74) is 0.486. The molecule has 1 aromatic carbocycles. The minimum absolute atomic E-state index is 0.0648. The zero-order valence-electron chi connectivity index (χ0n) is 10.2. The molecule has 0 amide bonds. The van der Waals surface area contributed by atoms with Gasteiger partial charge in [0.1, 0.15) is 10.9 Å². The molecule has 0 unspecified atom stereocenters. The van der Waals surface area contributed by atoms with Crippen LogP contribution in [-0.2, 0) is 0 Å². The molecule has 0 aliphatic rings. The molecule has 0 N–H and O–H groups in total. The summed E-state index contributed by atoms with van der Waals surface area (Å²) in [6, 6.07) is 9.11. The van der Waals surface area contributed by atoms with E-state index in [4.69, 9.17) is 16.3 Å². The minimum atomic E-state index is -0.494. The van der Waals surface area contributed by atoms with Gasteiger partial charge in [-0.25, -0.2) is 4.98 Å². The van der Waals surface area contributed by atoms with E-state index in [2.05, 4.69) is 16.2 Å². The van der Waals surface area contributed by atoms with Gasteiger partial charge < -0.3 is 4.74 Å². The van der Waals surface area contributed by atoms with E-state index in [1.54, 1.807) is 18.2 Å². The molecule has 1 aromatic heterocycles. The molecule has 2 rings (SSSR count). The molecule has 2 aromatic rings. The van der Waals surface area contributed by atoms with E-state index in [1.807, 2.05) is 21.2 Å². The van der Waals surface area contributed by atoms with Gasteiger partial charge in [0.2, 0.25) is 5.88 Å². The Morgan fingerprint density at radius 1 is 1.38 bits per heavy atom. The van der Waals surface area contributed by atoms with Crippen molar-refractivity contribution in [3.8, 4) is 22.8 Å². The lowest BCUT2D eigenvalue weighted by Gasteiger charge is -2.06. The Labute approximate surface area is 141 Å². The lowest BCUT2D eigenvalue weighted by atomic mass is 10.3. The van der Waals surface area contributed by atoms with Gasteiger partial charge in [-0.1, -0.05) is 17.7 Å². The molecular formula is C13H6ClIN2O3S. The minimum Gasteiger partial charge on any atom is -0.437 e. The predicted octanol–water partition coefficient (Wildman–Crippen LogP) is 4.83. The first-order valence-electron chi connectivity index (χ1n) is 5.47. The fourth-order valence-corrected chi connectivity index (χ4v) is 2.06. The Morgan fingerprint density at radius 2 is 2.19 bits per heavy atom. The fraction of sp³-hybridized carbons (Fsp3) is 0. The van der Waals surface area contributed by atoms with Crippen LogP contribution in [-0.4, -0.2) is 9.91 Å². The normalized spacial score (nSPS) is 9.62. The molecule has 106 valence electrons. The number of nitrogens with zero attached hydrogens (tertiary/aromatic N) is 2. The van der Waals surface area contributed by atoms with E-state index in [1.165, 1.54) is 27.1 Å². The summed E-state index contributed by atoms with van der Waals surface area (Å²) in [7, 11) is 1.33. The van der Waals surface area contributed by atoms with Gasteiger partial charge in [0.05, 0.1) is 16.6 Å². The maximum Gasteiger partial charge on any atom is 0.273 e. The van der Waals surface area contributed by atoms with Gasteiger partial charge in [0.25, 0.3) is 5.69 Å². The first-order chi connectivity index (χ1) is 10.1. The first kappa shape index (κ1) is 15.9. The van der Waals surface area contributed by atoms with Crippen LogP contribution in [0.1, 0.15) is 5.56 Å². The maximum absolute atomic E-state index is 10.8.